The van der Waals surface area contributed by atoms with Crippen LogP contribution >= 0.6 is 0 Å². The Morgan fingerprint density at radius 3 is 2.54 bits per heavy atom. The lowest BCUT2D eigenvalue weighted by Gasteiger charge is -2.11. The van der Waals surface area contributed by atoms with Crippen LogP contribution in [0.1, 0.15) is 10.4 Å². The predicted molar refractivity (Wildman–Crippen MR) is 89.1 cm³/mol. The maximum absolute atomic E-state index is 13.8. The van der Waals surface area contributed by atoms with Gasteiger partial charge in [-0.25, -0.2) is 12.8 Å². The molecule has 0 radical (unpaired) electrons. The number of para-hydroxylation sites is 1. The zero-order chi connectivity index (χ0) is 16.9. The van der Waals surface area contributed by atoms with E-state index < -0.39 is 15.8 Å². The molecule has 120 valence electrons. The van der Waals surface area contributed by atoms with Crippen LogP contribution < -0.4 is 10.0 Å². The van der Waals surface area contributed by atoms with Crippen LogP contribution in [0, 0.1) is 5.82 Å². The van der Waals surface area contributed by atoms with Crippen LogP contribution in [0.4, 0.5) is 15.8 Å². The van der Waals surface area contributed by atoms with E-state index in [4.69, 9.17) is 0 Å². The number of carbonyl (C=O) groups excluding carboxylic acids is 1. The molecule has 1 aliphatic rings. The van der Waals surface area contributed by atoms with Crippen molar-refractivity contribution in [1.29, 1.82) is 0 Å². The monoisotopic (exact) mass is 342 g/mol. The minimum atomic E-state index is -4.01. The first kappa shape index (κ1) is 14.6. The zero-order valence-corrected chi connectivity index (χ0v) is 13.0. The van der Waals surface area contributed by atoms with E-state index in [9.17, 15) is 17.6 Å². The van der Waals surface area contributed by atoms with E-state index in [1.54, 1.807) is 18.2 Å². The number of hydrogen-bond donors (Lipinski definition) is 2. The predicted octanol–water partition coefficient (Wildman–Crippen LogP) is 3.35. The quantitative estimate of drug-likeness (QED) is 0.766. The van der Waals surface area contributed by atoms with Crippen LogP contribution in [0.5, 0.6) is 0 Å². The highest BCUT2D eigenvalue weighted by atomic mass is 32.2. The van der Waals surface area contributed by atoms with Crippen molar-refractivity contribution in [3.05, 3.63) is 66.0 Å². The van der Waals surface area contributed by atoms with Crippen LogP contribution in [-0.4, -0.2) is 14.3 Å². The van der Waals surface area contributed by atoms with E-state index in [0.29, 0.717) is 22.0 Å². The molecule has 3 aromatic carbocycles. The largest absolute Gasteiger partial charge is 0.321 e. The highest BCUT2D eigenvalue weighted by molar-refractivity contribution is 7.93. The molecule has 5 nitrogen and oxygen atoms in total. The van der Waals surface area contributed by atoms with Gasteiger partial charge in [0.1, 0.15) is 5.82 Å². The van der Waals surface area contributed by atoms with Gasteiger partial charge in [-0.15, -0.1) is 0 Å². The molecule has 2 N–H and O–H groups in total. The first-order chi connectivity index (χ1) is 11.5. The third-order valence-electron chi connectivity index (χ3n) is 3.90. The summed E-state index contributed by atoms with van der Waals surface area (Å²) in [5.41, 5.74) is 0.857. The lowest BCUT2D eigenvalue weighted by atomic mass is 10.1. The molecule has 7 heteroatoms. The second kappa shape index (κ2) is 5.04. The van der Waals surface area contributed by atoms with Crippen molar-refractivity contribution >= 4 is 38.1 Å². The van der Waals surface area contributed by atoms with Gasteiger partial charge in [0.05, 0.1) is 10.6 Å². The molecule has 1 aliphatic heterocycles. The fourth-order valence-electron chi connectivity index (χ4n) is 2.84. The summed E-state index contributed by atoms with van der Waals surface area (Å²) < 4.78 is 41.4. The lowest BCUT2D eigenvalue weighted by molar-refractivity contribution is 0.103. The summed E-state index contributed by atoms with van der Waals surface area (Å²) in [4.78, 5) is 11.9. The Bertz CT molecular complexity index is 1110. The van der Waals surface area contributed by atoms with Gasteiger partial charge in [0.2, 0.25) is 0 Å². The smallest absolute Gasteiger partial charge is 0.262 e. The lowest BCUT2D eigenvalue weighted by Crippen LogP contribution is -2.14. The fourth-order valence-corrected chi connectivity index (χ4v) is 4.11. The average molecular weight is 342 g/mol. The number of carbonyl (C=O) groups is 1. The molecule has 0 saturated heterocycles. The highest BCUT2D eigenvalue weighted by Crippen LogP contribution is 2.37. The minimum Gasteiger partial charge on any atom is -0.321 e. The number of halogens is 1. The summed E-state index contributed by atoms with van der Waals surface area (Å²) in [6.07, 6.45) is 0. The number of hydrogen-bond acceptors (Lipinski definition) is 3. The van der Waals surface area contributed by atoms with Gasteiger partial charge < -0.3 is 5.32 Å². The highest BCUT2D eigenvalue weighted by Gasteiger charge is 2.26. The first-order valence-electron chi connectivity index (χ1n) is 7.12. The van der Waals surface area contributed by atoms with Crippen molar-refractivity contribution in [1.82, 2.24) is 0 Å². The molecule has 0 spiro atoms. The molecule has 4 rings (SSSR count). The van der Waals surface area contributed by atoms with Gasteiger partial charge in [0.25, 0.3) is 15.9 Å². The molecule has 24 heavy (non-hydrogen) atoms. The van der Waals surface area contributed by atoms with Crippen LogP contribution in [-0.2, 0) is 10.0 Å². The van der Waals surface area contributed by atoms with Crippen LogP contribution in [0.3, 0.4) is 0 Å². The number of anilines is 2. The van der Waals surface area contributed by atoms with Crippen molar-refractivity contribution in [3.63, 3.8) is 0 Å². The summed E-state index contributed by atoms with van der Waals surface area (Å²) in [5.74, 6) is -0.934. The molecular weight excluding hydrogens is 331 g/mol. The molecule has 0 bridgehead atoms. The van der Waals surface area contributed by atoms with E-state index in [1.165, 1.54) is 36.4 Å². The number of amides is 1. The summed E-state index contributed by atoms with van der Waals surface area (Å²) in [5, 5.41) is 3.66. The Morgan fingerprint density at radius 1 is 0.958 bits per heavy atom. The van der Waals surface area contributed by atoms with Crippen molar-refractivity contribution in [2.45, 2.75) is 4.90 Å². The van der Waals surface area contributed by atoms with E-state index in [2.05, 4.69) is 10.0 Å². The Morgan fingerprint density at radius 2 is 1.75 bits per heavy atom. The molecule has 1 amide bonds. The zero-order valence-electron chi connectivity index (χ0n) is 12.2. The second-order valence-electron chi connectivity index (χ2n) is 5.38. The van der Waals surface area contributed by atoms with Gasteiger partial charge in [-0.3, -0.25) is 9.52 Å². The van der Waals surface area contributed by atoms with Gasteiger partial charge in [-0.1, -0.05) is 24.3 Å². The SMILES string of the molecule is O=C1Nc2ccc(S(=O)(=O)Nc3ccccc3F)c3cccc1c23. The van der Waals surface area contributed by atoms with Gasteiger partial charge in [-0.05, 0) is 30.3 Å². The van der Waals surface area contributed by atoms with E-state index in [-0.39, 0.29) is 16.5 Å². The minimum absolute atomic E-state index is 0.0112. The third kappa shape index (κ3) is 2.13. The van der Waals surface area contributed by atoms with Crippen molar-refractivity contribution in [2.24, 2.45) is 0 Å². The maximum Gasteiger partial charge on any atom is 0.262 e. The Hall–Kier alpha value is -2.93. The topological polar surface area (TPSA) is 75.3 Å². The maximum atomic E-state index is 13.8. The number of sulfonamides is 1. The molecule has 3 aromatic rings. The molecule has 0 saturated carbocycles. The number of benzene rings is 3. The first-order valence-corrected chi connectivity index (χ1v) is 8.60. The standard InChI is InChI=1S/C17H11FN2O3S/c18-12-6-1-2-7-13(12)20-24(22,23)15-9-8-14-16-10(15)4-3-5-11(16)17(21)19-14/h1-9,20H,(H,19,21). The Labute approximate surface area is 137 Å². The Balaban J connectivity index is 1.90. The summed E-state index contributed by atoms with van der Waals surface area (Å²) in [6.45, 7) is 0. The van der Waals surface area contributed by atoms with Gasteiger partial charge in [-0.2, -0.15) is 0 Å². The van der Waals surface area contributed by atoms with Crippen LogP contribution in [0.2, 0.25) is 0 Å². The molecular formula is C17H11FN2O3S. The van der Waals surface area contributed by atoms with Gasteiger partial charge in [0.15, 0.2) is 0 Å². The second-order valence-corrected chi connectivity index (χ2v) is 7.03. The summed E-state index contributed by atoms with van der Waals surface area (Å²) in [7, 11) is -4.01. The molecule has 0 unspecified atom stereocenters. The molecule has 0 aromatic heterocycles. The van der Waals surface area contributed by atoms with E-state index in [0.717, 1.165) is 0 Å². The van der Waals surface area contributed by atoms with Crippen LogP contribution in [0.25, 0.3) is 10.8 Å². The van der Waals surface area contributed by atoms with Crippen molar-refractivity contribution in [2.75, 3.05) is 10.0 Å². The van der Waals surface area contributed by atoms with E-state index >= 15 is 0 Å². The van der Waals surface area contributed by atoms with Crippen molar-refractivity contribution < 1.29 is 17.6 Å². The average Bonchev–Trinajstić information content (AvgIpc) is 2.88. The molecule has 0 atom stereocenters. The normalized spacial score (nSPS) is 13.1. The van der Waals surface area contributed by atoms with E-state index in [1.807, 2.05) is 0 Å². The molecule has 1 heterocycles. The van der Waals surface area contributed by atoms with Gasteiger partial charge in [0, 0.05) is 22.0 Å². The third-order valence-corrected chi connectivity index (χ3v) is 5.32. The van der Waals surface area contributed by atoms with Crippen LogP contribution in [0.15, 0.2) is 59.5 Å². The Kier molecular flexibility index (Phi) is 3.07. The fraction of sp³-hybridized carbons (Fsp3) is 0. The molecule has 0 fully saturated rings. The summed E-state index contributed by atoms with van der Waals surface area (Å²) >= 11 is 0. The summed E-state index contributed by atoms with van der Waals surface area (Å²) in [6, 6.07) is 13.3. The molecule has 0 aliphatic carbocycles. The number of nitrogens with one attached hydrogen (secondary N) is 2. The van der Waals surface area contributed by atoms with Crippen molar-refractivity contribution in [3.8, 4) is 0 Å². The number of rotatable bonds is 3. The van der Waals surface area contributed by atoms with Gasteiger partial charge >= 0.3 is 0 Å².